The summed E-state index contributed by atoms with van der Waals surface area (Å²) in [5, 5.41) is 8.93. The normalized spacial score (nSPS) is 20.6. The van der Waals surface area contributed by atoms with Crippen molar-refractivity contribution in [2.45, 2.75) is 11.3 Å². The number of aliphatic carboxylic acids is 1. The van der Waals surface area contributed by atoms with Crippen LogP contribution in [0.25, 0.3) is 0 Å². The molecule has 19 heavy (non-hydrogen) atoms. The van der Waals surface area contributed by atoms with Crippen molar-refractivity contribution in [2.24, 2.45) is 5.92 Å². The topological polar surface area (TPSA) is 74.7 Å². The van der Waals surface area contributed by atoms with Gasteiger partial charge >= 0.3 is 5.97 Å². The summed E-state index contributed by atoms with van der Waals surface area (Å²) in [5.41, 5.74) is 0. The lowest BCUT2D eigenvalue weighted by Crippen LogP contribution is -2.30. The van der Waals surface area contributed by atoms with E-state index in [4.69, 9.17) is 5.11 Å². The van der Waals surface area contributed by atoms with Gasteiger partial charge in [-0.15, -0.1) is 0 Å². The number of sulfonamides is 1. The number of hydrogen-bond donors (Lipinski definition) is 1. The number of benzene rings is 1. The summed E-state index contributed by atoms with van der Waals surface area (Å²) in [5.74, 6) is -1.58. The molecule has 1 fully saturated rings. The standard InChI is InChI=1S/C11H11Br2NO4S/c12-8-1-2-9(13)10(5-8)19(17,18)14-4-3-7(6-14)11(15)16/h1-2,5,7H,3-4,6H2,(H,15,16). The summed E-state index contributed by atoms with van der Waals surface area (Å²) < 4.78 is 27.3. The van der Waals surface area contributed by atoms with Gasteiger partial charge < -0.3 is 5.11 Å². The lowest BCUT2D eigenvalue weighted by molar-refractivity contribution is -0.141. The van der Waals surface area contributed by atoms with Crippen LogP contribution in [-0.2, 0) is 14.8 Å². The molecule has 5 nitrogen and oxygen atoms in total. The zero-order valence-electron chi connectivity index (χ0n) is 9.71. The molecule has 0 bridgehead atoms. The second-order valence-corrected chi connectivity index (χ2v) is 7.94. The van der Waals surface area contributed by atoms with Crippen molar-refractivity contribution < 1.29 is 18.3 Å². The van der Waals surface area contributed by atoms with Gasteiger partial charge in [-0.3, -0.25) is 4.79 Å². The van der Waals surface area contributed by atoms with Crippen LogP contribution in [0.3, 0.4) is 0 Å². The van der Waals surface area contributed by atoms with E-state index < -0.39 is 21.9 Å². The van der Waals surface area contributed by atoms with E-state index in [1.165, 1.54) is 10.4 Å². The van der Waals surface area contributed by atoms with Crippen molar-refractivity contribution in [1.82, 2.24) is 4.31 Å². The van der Waals surface area contributed by atoms with Gasteiger partial charge in [0.1, 0.15) is 0 Å². The first-order valence-electron chi connectivity index (χ1n) is 5.50. The fourth-order valence-electron chi connectivity index (χ4n) is 1.96. The van der Waals surface area contributed by atoms with E-state index in [9.17, 15) is 13.2 Å². The molecule has 1 aliphatic rings. The molecule has 1 aromatic rings. The first-order chi connectivity index (χ1) is 8.82. The van der Waals surface area contributed by atoms with Crippen LogP contribution in [0.5, 0.6) is 0 Å². The van der Waals surface area contributed by atoms with Gasteiger partial charge in [-0.05, 0) is 40.5 Å². The predicted molar refractivity (Wildman–Crippen MR) is 76.3 cm³/mol. The highest BCUT2D eigenvalue weighted by molar-refractivity contribution is 9.11. The Morgan fingerprint density at radius 1 is 1.37 bits per heavy atom. The lowest BCUT2D eigenvalue weighted by atomic mass is 10.1. The Morgan fingerprint density at radius 2 is 2.05 bits per heavy atom. The Bertz CT molecular complexity index is 617. The minimum Gasteiger partial charge on any atom is -0.481 e. The monoisotopic (exact) mass is 411 g/mol. The van der Waals surface area contributed by atoms with Gasteiger partial charge in [0.15, 0.2) is 0 Å². The Morgan fingerprint density at radius 3 is 2.63 bits per heavy atom. The molecule has 1 unspecified atom stereocenters. The second kappa shape index (κ2) is 5.51. The molecule has 0 radical (unpaired) electrons. The summed E-state index contributed by atoms with van der Waals surface area (Å²) in [6.45, 7) is 0.259. The quantitative estimate of drug-likeness (QED) is 0.826. The maximum Gasteiger partial charge on any atom is 0.307 e. The van der Waals surface area contributed by atoms with Gasteiger partial charge in [0.05, 0.1) is 10.8 Å². The number of carboxylic acids is 1. The van der Waals surface area contributed by atoms with E-state index in [1.54, 1.807) is 12.1 Å². The predicted octanol–water partition coefficient (Wildman–Crippen LogP) is 2.31. The first-order valence-corrected chi connectivity index (χ1v) is 8.53. The van der Waals surface area contributed by atoms with Gasteiger partial charge in [-0.2, -0.15) is 4.31 Å². The number of carbonyl (C=O) groups is 1. The van der Waals surface area contributed by atoms with E-state index in [2.05, 4.69) is 31.9 Å². The Labute approximate surface area is 127 Å². The molecule has 1 N–H and O–H groups in total. The molecule has 0 aromatic heterocycles. The molecule has 1 aliphatic heterocycles. The number of halogens is 2. The molecule has 104 valence electrons. The van der Waals surface area contributed by atoms with Gasteiger partial charge in [-0.25, -0.2) is 8.42 Å². The SMILES string of the molecule is O=C(O)C1CCN(S(=O)(=O)c2cc(Br)ccc2Br)C1. The molecule has 0 saturated carbocycles. The summed E-state index contributed by atoms with van der Waals surface area (Å²) in [6.07, 6.45) is 0.347. The van der Waals surface area contributed by atoms with Crippen LogP contribution in [0.2, 0.25) is 0 Å². The van der Waals surface area contributed by atoms with E-state index >= 15 is 0 Å². The van der Waals surface area contributed by atoms with Gasteiger partial charge in [-0.1, -0.05) is 15.9 Å². The van der Waals surface area contributed by atoms with Gasteiger partial charge in [0.2, 0.25) is 10.0 Å². The average Bonchev–Trinajstić information content (AvgIpc) is 2.82. The summed E-state index contributed by atoms with van der Waals surface area (Å²) in [4.78, 5) is 11.0. The zero-order chi connectivity index (χ0) is 14.2. The average molecular weight is 413 g/mol. The van der Waals surface area contributed by atoms with Crippen LogP contribution >= 0.6 is 31.9 Å². The largest absolute Gasteiger partial charge is 0.481 e. The Balaban J connectivity index is 2.33. The van der Waals surface area contributed by atoms with Crippen LogP contribution in [0.4, 0.5) is 0 Å². The highest BCUT2D eigenvalue weighted by Gasteiger charge is 2.36. The van der Waals surface area contributed by atoms with Gasteiger partial charge in [0.25, 0.3) is 0 Å². The van der Waals surface area contributed by atoms with Crippen molar-refractivity contribution in [3.63, 3.8) is 0 Å². The van der Waals surface area contributed by atoms with Crippen LogP contribution in [0, 0.1) is 5.92 Å². The first kappa shape index (κ1) is 15.0. The van der Waals surface area contributed by atoms with Crippen LogP contribution < -0.4 is 0 Å². The van der Waals surface area contributed by atoms with Crippen LogP contribution in [0.1, 0.15) is 6.42 Å². The van der Waals surface area contributed by atoms with Crippen LogP contribution in [0.15, 0.2) is 32.0 Å². The molecule has 1 saturated heterocycles. The molecule has 1 atom stereocenters. The highest BCUT2D eigenvalue weighted by atomic mass is 79.9. The van der Waals surface area contributed by atoms with Crippen molar-refractivity contribution in [2.75, 3.05) is 13.1 Å². The second-order valence-electron chi connectivity index (χ2n) is 4.26. The van der Waals surface area contributed by atoms with E-state index in [0.29, 0.717) is 15.4 Å². The van der Waals surface area contributed by atoms with Crippen LogP contribution in [-0.4, -0.2) is 36.9 Å². The maximum atomic E-state index is 12.5. The molecule has 1 heterocycles. The fourth-order valence-corrected chi connectivity index (χ4v) is 4.93. The molecular formula is C11H11Br2NO4S. The highest BCUT2D eigenvalue weighted by Crippen LogP contribution is 2.31. The minimum absolute atomic E-state index is 0.0244. The third-order valence-electron chi connectivity index (χ3n) is 3.01. The molecule has 8 heteroatoms. The molecule has 2 rings (SSSR count). The number of rotatable bonds is 3. The molecule has 1 aromatic carbocycles. The zero-order valence-corrected chi connectivity index (χ0v) is 13.7. The number of carboxylic acid groups (broad SMARTS) is 1. The smallest absolute Gasteiger partial charge is 0.307 e. The van der Waals surface area contributed by atoms with Crippen molar-refractivity contribution >= 4 is 47.9 Å². The number of hydrogen-bond acceptors (Lipinski definition) is 3. The Hall–Kier alpha value is -0.440. The van der Waals surface area contributed by atoms with Gasteiger partial charge in [0, 0.05) is 22.0 Å². The fraction of sp³-hybridized carbons (Fsp3) is 0.364. The van der Waals surface area contributed by atoms with E-state index in [1.807, 2.05) is 0 Å². The lowest BCUT2D eigenvalue weighted by Gasteiger charge is -2.17. The van der Waals surface area contributed by atoms with Crippen molar-refractivity contribution in [1.29, 1.82) is 0 Å². The molecule has 0 amide bonds. The molecule has 0 spiro atoms. The minimum atomic E-state index is -3.67. The van der Waals surface area contributed by atoms with Crippen molar-refractivity contribution in [3.8, 4) is 0 Å². The number of nitrogens with zero attached hydrogens (tertiary/aromatic N) is 1. The molecular weight excluding hydrogens is 402 g/mol. The molecule has 0 aliphatic carbocycles. The third kappa shape index (κ3) is 3.01. The van der Waals surface area contributed by atoms with E-state index in [-0.39, 0.29) is 18.0 Å². The Kier molecular flexibility index (Phi) is 4.34. The third-order valence-corrected chi connectivity index (χ3v) is 6.36. The summed E-state index contributed by atoms with van der Waals surface area (Å²) >= 11 is 6.45. The summed E-state index contributed by atoms with van der Waals surface area (Å²) in [7, 11) is -3.67. The maximum absolute atomic E-state index is 12.5. The summed E-state index contributed by atoms with van der Waals surface area (Å²) in [6, 6.07) is 4.88. The van der Waals surface area contributed by atoms with E-state index in [0.717, 1.165) is 0 Å². The van der Waals surface area contributed by atoms with Crippen molar-refractivity contribution in [3.05, 3.63) is 27.1 Å².